The first-order chi connectivity index (χ1) is 7.72. The third-order valence-electron chi connectivity index (χ3n) is 1.98. The van der Waals surface area contributed by atoms with Crippen molar-refractivity contribution in [3.8, 4) is 0 Å². The first-order valence-corrected chi connectivity index (χ1v) is 5.24. The molecule has 0 aliphatic heterocycles. The normalized spacial score (nSPS) is 10.1. The van der Waals surface area contributed by atoms with Crippen molar-refractivity contribution in [2.24, 2.45) is 0 Å². The van der Waals surface area contributed by atoms with E-state index in [1.165, 1.54) is 6.33 Å². The molecule has 0 atom stereocenters. The molecule has 1 heterocycles. The molecule has 0 fully saturated rings. The Morgan fingerprint density at radius 3 is 2.94 bits per heavy atom. The van der Waals surface area contributed by atoms with E-state index in [1.54, 1.807) is 6.92 Å². The van der Waals surface area contributed by atoms with Crippen LogP contribution in [0.1, 0.15) is 32.0 Å². The summed E-state index contributed by atoms with van der Waals surface area (Å²) >= 11 is 0. The van der Waals surface area contributed by atoms with Crippen molar-refractivity contribution < 1.29 is 14.3 Å². The van der Waals surface area contributed by atoms with Gasteiger partial charge in [0, 0.05) is 12.8 Å². The number of aromatic amines is 1. The average Bonchev–Trinajstić information content (AvgIpc) is 2.70. The summed E-state index contributed by atoms with van der Waals surface area (Å²) in [4.78, 5) is 26.2. The molecule has 88 valence electrons. The Morgan fingerprint density at radius 1 is 1.50 bits per heavy atom. The summed E-state index contributed by atoms with van der Waals surface area (Å²) in [5.41, 5.74) is 0. The number of nitrogens with zero attached hydrogens (tertiary/aromatic N) is 2. The van der Waals surface area contributed by atoms with E-state index in [0.29, 0.717) is 25.9 Å². The van der Waals surface area contributed by atoms with Gasteiger partial charge in [-0.05, 0) is 13.3 Å². The van der Waals surface area contributed by atoms with Gasteiger partial charge in [-0.25, -0.2) is 4.98 Å². The zero-order chi connectivity index (χ0) is 11.8. The summed E-state index contributed by atoms with van der Waals surface area (Å²) in [7, 11) is 0. The molecule has 1 aromatic rings. The molecule has 16 heavy (non-hydrogen) atoms. The van der Waals surface area contributed by atoms with Gasteiger partial charge in [0.1, 0.15) is 24.4 Å². The van der Waals surface area contributed by atoms with Crippen LogP contribution in [0, 0.1) is 0 Å². The monoisotopic (exact) mass is 225 g/mol. The third kappa shape index (κ3) is 4.68. The lowest BCUT2D eigenvalue weighted by Gasteiger charge is -2.00. The first-order valence-electron chi connectivity index (χ1n) is 5.24. The van der Waals surface area contributed by atoms with Crippen LogP contribution in [-0.2, 0) is 20.7 Å². The number of hydrogen-bond acceptors (Lipinski definition) is 5. The Morgan fingerprint density at radius 2 is 2.31 bits per heavy atom. The molecule has 1 N–H and O–H groups in total. The van der Waals surface area contributed by atoms with Gasteiger partial charge >= 0.3 is 5.97 Å². The second-order valence-electron chi connectivity index (χ2n) is 3.31. The Kier molecular flexibility index (Phi) is 5.18. The van der Waals surface area contributed by atoms with Gasteiger partial charge in [0.2, 0.25) is 0 Å². The SMILES string of the molecule is CCOC(=O)CC(=O)CCCc1ncn[nH]1. The molecule has 0 saturated carbocycles. The van der Waals surface area contributed by atoms with Gasteiger partial charge in [-0.3, -0.25) is 14.7 Å². The topological polar surface area (TPSA) is 84.9 Å². The molecule has 1 rings (SSSR count). The molecule has 0 bridgehead atoms. The molecule has 0 aliphatic rings. The average molecular weight is 225 g/mol. The van der Waals surface area contributed by atoms with E-state index < -0.39 is 5.97 Å². The van der Waals surface area contributed by atoms with Crippen molar-refractivity contribution >= 4 is 11.8 Å². The number of ether oxygens (including phenoxy) is 1. The van der Waals surface area contributed by atoms with Gasteiger partial charge in [-0.15, -0.1) is 0 Å². The molecular formula is C10H15N3O3. The van der Waals surface area contributed by atoms with Crippen LogP contribution in [0.15, 0.2) is 6.33 Å². The molecule has 0 amide bonds. The van der Waals surface area contributed by atoms with Crippen LogP contribution >= 0.6 is 0 Å². The van der Waals surface area contributed by atoms with Gasteiger partial charge in [-0.1, -0.05) is 0 Å². The van der Waals surface area contributed by atoms with Crippen molar-refractivity contribution in [2.75, 3.05) is 6.61 Å². The van der Waals surface area contributed by atoms with Crippen LogP contribution in [0.4, 0.5) is 0 Å². The van der Waals surface area contributed by atoms with Crippen LogP contribution in [0.3, 0.4) is 0 Å². The van der Waals surface area contributed by atoms with Gasteiger partial charge in [0.25, 0.3) is 0 Å². The molecule has 6 nitrogen and oxygen atoms in total. The molecule has 6 heteroatoms. The maximum Gasteiger partial charge on any atom is 0.313 e. The number of aromatic nitrogens is 3. The minimum atomic E-state index is -0.452. The molecule has 0 aromatic carbocycles. The number of nitrogens with one attached hydrogen (secondary N) is 1. The van der Waals surface area contributed by atoms with Crippen LogP contribution in [0.2, 0.25) is 0 Å². The van der Waals surface area contributed by atoms with Crippen LogP contribution in [-0.4, -0.2) is 33.5 Å². The lowest BCUT2D eigenvalue weighted by molar-refractivity contribution is -0.145. The van der Waals surface area contributed by atoms with E-state index in [2.05, 4.69) is 19.9 Å². The summed E-state index contributed by atoms with van der Waals surface area (Å²) < 4.78 is 4.68. The number of Topliss-reactive ketones (excluding diaryl/α,β-unsaturated/α-hetero) is 1. The second kappa shape index (κ2) is 6.71. The molecule has 0 unspecified atom stereocenters. The Labute approximate surface area is 93.4 Å². The van der Waals surface area contributed by atoms with E-state index in [0.717, 1.165) is 5.82 Å². The van der Waals surface area contributed by atoms with Gasteiger partial charge in [0.15, 0.2) is 0 Å². The number of rotatable bonds is 7. The highest BCUT2D eigenvalue weighted by molar-refractivity contribution is 5.95. The fraction of sp³-hybridized carbons (Fsp3) is 0.600. The second-order valence-corrected chi connectivity index (χ2v) is 3.31. The van der Waals surface area contributed by atoms with Crippen molar-refractivity contribution in [3.05, 3.63) is 12.2 Å². The largest absolute Gasteiger partial charge is 0.466 e. The lowest BCUT2D eigenvalue weighted by Crippen LogP contribution is -2.11. The zero-order valence-electron chi connectivity index (χ0n) is 9.23. The van der Waals surface area contributed by atoms with Crippen molar-refractivity contribution in [1.29, 1.82) is 0 Å². The highest BCUT2D eigenvalue weighted by atomic mass is 16.5. The Balaban J connectivity index is 2.13. The number of aryl methyl sites for hydroxylation is 1. The van der Waals surface area contributed by atoms with E-state index in [9.17, 15) is 9.59 Å². The van der Waals surface area contributed by atoms with E-state index in [4.69, 9.17) is 0 Å². The lowest BCUT2D eigenvalue weighted by atomic mass is 10.1. The van der Waals surface area contributed by atoms with Crippen LogP contribution in [0.5, 0.6) is 0 Å². The number of hydrogen-bond donors (Lipinski definition) is 1. The third-order valence-corrected chi connectivity index (χ3v) is 1.98. The van der Waals surface area contributed by atoms with Crippen LogP contribution in [0.25, 0.3) is 0 Å². The van der Waals surface area contributed by atoms with Gasteiger partial charge in [0.05, 0.1) is 6.61 Å². The first kappa shape index (κ1) is 12.4. The highest BCUT2D eigenvalue weighted by Gasteiger charge is 2.10. The van der Waals surface area contributed by atoms with Crippen molar-refractivity contribution in [1.82, 2.24) is 15.2 Å². The van der Waals surface area contributed by atoms with Crippen LogP contribution < -0.4 is 0 Å². The Bertz CT molecular complexity index is 335. The molecule has 0 spiro atoms. The predicted molar refractivity (Wildman–Crippen MR) is 55.6 cm³/mol. The number of H-pyrrole nitrogens is 1. The molecule has 1 aromatic heterocycles. The van der Waals surface area contributed by atoms with Gasteiger partial charge < -0.3 is 4.74 Å². The van der Waals surface area contributed by atoms with Gasteiger partial charge in [-0.2, -0.15) is 5.10 Å². The van der Waals surface area contributed by atoms with Crippen molar-refractivity contribution in [2.45, 2.75) is 32.6 Å². The fourth-order valence-corrected chi connectivity index (χ4v) is 1.27. The van der Waals surface area contributed by atoms with E-state index in [1.807, 2.05) is 0 Å². The summed E-state index contributed by atoms with van der Waals surface area (Å²) in [6.07, 6.45) is 2.97. The van der Waals surface area contributed by atoms with Crippen molar-refractivity contribution in [3.63, 3.8) is 0 Å². The summed E-state index contributed by atoms with van der Waals surface area (Å²) in [6, 6.07) is 0. The fourth-order valence-electron chi connectivity index (χ4n) is 1.27. The minimum Gasteiger partial charge on any atom is -0.466 e. The predicted octanol–water partition coefficient (Wildman–Crippen LogP) is 0.650. The molecule has 0 aliphatic carbocycles. The summed E-state index contributed by atoms with van der Waals surface area (Å²) in [5.74, 6) is 0.203. The molecule has 0 saturated heterocycles. The maximum atomic E-state index is 11.3. The highest BCUT2D eigenvalue weighted by Crippen LogP contribution is 2.01. The van der Waals surface area contributed by atoms with E-state index in [-0.39, 0.29) is 12.2 Å². The number of ketones is 1. The quantitative estimate of drug-likeness (QED) is 0.544. The number of carbonyl (C=O) groups is 2. The molecular weight excluding hydrogens is 210 g/mol. The molecule has 0 radical (unpaired) electrons. The number of carbonyl (C=O) groups excluding carboxylic acids is 2. The number of esters is 1. The standard InChI is InChI=1S/C10H15N3O3/c1-2-16-10(15)6-8(14)4-3-5-9-11-7-12-13-9/h7H,2-6H2,1H3,(H,11,12,13). The summed E-state index contributed by atoms with van der Waals surface area (Å²) in [6.45, 7) is 2.02. The smallest absolute Gasteiger partial charge is 0.313 e. The Hall–Kier alpha value is -1.72. The summed E-state index contributed by atoms with van der Waals surface area (Å²) in [5, 5.41) is 6.41. The zero-order valence-corrected chi connectivity index (χ0v) is 9.23. The minimum absolute atomic E-state index is 0.0991. The maximum absolute atomic E-state index is 11.3. The van der Waals surface area contributed by atoms with E-state index >= 15 is 0 Å².